The van der Waals surface area contributed by atoms with Gasteiger partial charge in [-0.3, -0.25) is 4.79 Å². The summed E-state index contributed by atoms with van der Waals surface area (Å²) in [6.07, 6.45) is 4.66. The highest BCUT2D eigenvalue weighted by molar-refractivity contribution is 5.79. The van der Waals surface area contributed by atoms with E-state index in [0.717, 1.165) is 23.4 Å². The maximum atomic E-state index is 11.7. The first kappa shape index (κ1) is 12.7. The summed E-state index contributed by atoms with van der Waals surface area (Å²) in [5.41, 5.74) is 1.91. The summed E-state index contributed by atoms with van der Waals surface area (Å²) in [6.45, 7) is 4.57. The van der Waals surface area contributed by atoms with Crippen LogP contribution in [0.1, 0.15) is 24.0 Å². The van der Waals surface area contributed by atoms with Gasteiger partial charge in [-0.1, -0.05) is 18.7 Å². The highest BCUT2D eigenvalue weighted by Crippen LogP contribution is 2.27. The Morgan fingerprint density at radius 1 is 1.56 bits per heavy atom. The number of benzene rings is 1. The van der Waals surface area contributed by atoms with E-state index in [1.807, 2.05) is 18.2 Å². The van der Waals surface area contributed by atoms with Gasteiger partial charge in [-0.2, -0.15) is 0 Å². The molecule has 3 heteroatoms. The van der Waals surface area contributed by atoms with Gasteiger partial charge < -0.3 is 10.1 Å². The molecule has 96 valence electrons. The Labute approximate surface area is 108 Å². The molecule has 18 heavy (non-hydrogen) atoms. The lowest BCUT2D eigenvalue weighted by Crippen LogP contribution is -2.27. The third-order valence-corrected chi connectivity index (χ3v) is 3.16. The molecule has 1 fully saturated rings. The van der Waals surface area contributed by atoms with E-state index < -0.39 is 0 Å². The Morgan fingerprint density at radius 2 is 2.33 bits per heavy atom. The Kier molecular flexibility index (Phi) is 4.03. The van der Waals surface area contributed by atoms with Crippen LogP contribution in [0.3, 0.4) is 0 Å². The summed E-state index contributed by atoms with van der Waals surface area (Å²) in [5.74, 6) is 1.59. The van der Waals surface area contributed by atoms with Gasteiger partial charge in [0.25, 0.3) is 0 Å². The van der Waals surface area contributed by atoms with E-state index in [9.17, 15) is 4.79 Å². The average molecular weight is 245 g/mol. The van der Waals surface area contributed by atoms with Crippen LogP contribution in [0.4, 0.5) is 0 Å². The molecule has 1 aliphatic rings. The van der Waals surface area contributed by atoms with Crippen molar-refractivity contribution in [1.29, 1.82) is 0 Å². The largest absolute Gasteiger partial charge is 0.496 e. The van der Waals surface area contributed by atoms with Gasteiger partial charge in [-0.15, -0.1) is 0 Å². The van der Waals surface area contributed by atoms with E-state index in [1.165, 1.54) is 12.8 Å². The predicted octanol–water partition coefficient (Wildman–Crippen LogP) is 2.41. The Balaban J connectivity index is 1.95. The highest BCUT2D eigenvalue weighted by atomic mass is 16.5. The summed E-state index contributed by atoms with van der Waals surface area (Å²) >= 11 is 0. The molecule has 1 N–H and O–H groups in total. The Hall–Kier alpha value is -1.77. The maximum absolute atomic E-state index is 11.7. The number of hydrogen-bond donors (Lipinski definition) is 1. The lowest BCUT2D eigenvalue weighted by atomic mass is 10.1. The van der Waals surface area contributed by atoms with E-state index in [4.69, 9.17) is 4.74 Å². The van der Waals surface area contributed by atoms with Gasteiger partial charge in [0, 0.05) is 12.1 Å². The van der Waals surface area contributed by atoms with Crippen molar-refractivity contribution < 1.29 is 9.53 Å². The van der Waals surface area contributed by atoms with Gasteiger partial charge in [0.1, 0.15) is 5.75 Å². The SMILES string of the molecule is C=Cc1cc(CC(=O)NCC2CC2)ccc1OC. The van der Waals surface area contributed by atoms with Crippen LogP contribution in [-0.2, 0) is 11.2 Å². The van der Waals surface area contributed by atoms with Crippen molar-refractivity contribution in [3.63, 3.8) is 0 Å². The molecule has 0 atom stereocenters. The first-order chi connectivity index (χ1) is 8.72. The summed E-state index contributed by atoms with van der Waals surface area (Å²) in [4.78, 5) is 11.7. The number of methoxy groups -OCH3 is 1. The number of carbonyl (C=O) groups excluding carboxylic acids is 1. The zero-order valence-electron chi connectivity index (χ0n) is 10.7. The van der Waals surface area contributed by atoms with Gasteiger partial charge in [-0.05, 0) is 36.5 Å². The van der Waals surface area contributed by atoms with Crippen LogP contribution in [0.25, 0.3) is 6.08 Å². The lowest BCUT2D eigenvalue weighted by Gasteiger charge is -2.08. The van der Waals surface area contributed by atoms with Crippen molar-refractivity contribution in [2.24, 2.45) is 5.92 Å². The minimum absolute atomic E-state index is 0.0853. The molecule has 0 saturated heterocycles. The van der Waals surface area contributed by atoms with Crippen molar-refractivity contribution in [3.8, 4) is 5.75 Å². The molecule has 1 amide bonds. The van der Waals surface area contributed by atoms with Crippen molar-refractivity contribution in [2.45, 2.75) is 19.3 Å². The van der Waals surface area contributed by atoms with Crippen LogP contribution in [0.5, 0.6) is 5.75 Å². The molecule has 0 spiro atoms. The normalized spacial score (nSPS) is 14.1. The van der Waals surface area contributed by atoms with E-state index in [1.54, 1.807) is 13.2 Å². The third-order valence-electron chi connectivity index (χ3n) is 3.16. The average Bonchev–Trinajstić information content (AvgIpc) is 3.20. The second kappa shape index (κ2) is 5.71. The molecular formula is C15H19NO2. The Bertz CT molecular complexity index is 450. The zero-order chi connectivity index (χ0) is 13.0. The van der Waals surface area contributed by atoms with Crippen LogP contribution in [0, 0.1) is 5.92 Å². The summed E-state index contributed by atoms with van der Waals surface area (Å²) < 4.78 is 5.21. The zero-order valence-corrected chi connectivity index (χ0v) is 10.7. The summed E-state index contributed by atoms with van der Waals surface area (Å²) in [6, 6.07) is 5.74. The van der Waals surface area contributed by atoms with Gasteiger partial charge in [-0.25, -0.2) is 0 Å². The van der Waals surface area contributed by atoms with Crippen LogP contribution < -0.4 is 10.1 Å². The fourth-order valence-electron chi connectivity index (χ4n) is 1.88. The third kappa shape index (κ3) is 3.36. The number of ether oxygens (including phenoxy) is 1. The number of hydrogen-bond acceptors (Lipinski definition) is 2. The first-order valence-corrected chi connectivity index (χ1v) is 6.29. The molecule has 3 nitrogen and oxygen atoms in total. The standard InChI is InChI=1S/C15H19NO2/c1-3-13-8-12(6-7-14(13)18-2)9-15(17)16-10-11-4-5-11/h3,6-8,11H,1,4-5,9-10H2,2H3,(H,16,17). The molecule has 0 unspecified atom stereocenters. The van der Waals surface area contributed by atoms with E-state index in [0.29, 0.717) is 12.3 Å². The fourth-order valence-corrected chi connectivity index (χ4v) is 1.88. The molecule has 1 aromatic carbocycles. The van der Waals surface area contributed by atoms with E-state index in [2.05, 4.69) is 11.9 Å². The van der Waals surface area contributed by atoms with Gasteiger partial charge in [0.05, 0.1) is 13.5 Å². The molecule has 0 bridgehead atoms. The fraction of sp³-hybridized carbons (Fsp3) is 0.400. The predicted molar refractivity (Wildman–Crippen MR) is 72.5 cm³/mol. The molecule has 1 aliphatic carbocycles. The maximum Gasteiger partial charge on any atom is 0.224 e. The van der Waals surface area contributed by atoms with Gasteiger partial charge in [0.15, 0.2) is 0 Å². The van der Waals surface area contributed by atoms with Crippen LogP contribution in [0.15, 0.2) is 24.8 Å². The smallest absolute Gasteiger partial charge is 0.224 e. The second-order valence-corrected chi connectivity index (χ2v) is 4.70. The monoisotopic (exact) mass is 245 g/mol. The molecule has 0 aromatic heterocycles. The number of amides is 1. The van der Waals surface area contributed by atoms with E-state index >= 15 is 0 Å². The van der Waals surface area contributed by atoms with Crippen molar-refractivity contribution in [3.05, 3.63) is 35.9 Å². The second-order valence-electron chi connectivity index (χ2n) is 4.70. The Morgan fingerprint density at radius 3 is 2.94 bits per heavy atom. The minimum atomic E-state index is 0.0853. The van der Waals surface area contributed by atoms with Crippen molar-refractivity contribution in [1.82, 2.24) is 5.32 Å². The number of carbonyl (C=O) groups is 1. The quantitative estimate of drug-likeness (QED) is 0.835. The molecule has 2 rings (SSSR count). The summed E-state index contributed by atoms with van der Waals surface area (Å²) in [5, 5.41) is 2.96. The van der Waals surface area contributed by atoms with Crippen LogP contribution in [0.2, 0.25) is 0 Å². The molecule has 0 aliphatic heterocycles. The molecular weight excluding hydrogens is 226 g/mol. The minimum Gasteiger partial charge on any atom is -0.496 e. The highest BCUT2D eigenvalue weighted by Gasteiger charge is 2.21. The summed E-state index contributed by atoms with van der Waals surface area (Å²) in [7, 11) is 1.63. The van der Waals surface area contributed by atoms with Gasteiger partial charge >= 0.3 is 0 Å². The van der Waals surface area contributed by atoms with Crippen LogP contribution >= 0.6 is 0 Å². The van der Waals surface area contributed by atoms with Crippen LogP contribution in [-0.4, -0.2) is 19.6 Å². The van der Waals surface area contributed by atoms with Crippen molar-refractivity contribution in [2.75, 3.05) is 13.7 Å². The van der Waals surface area contributed by atoms with E-state index in [-0.39, 0.29) is 5.91 Å². The molecule has 1 aromatic rings. The molecule has 0 heterocycles. The molecule has 1 saturated carbocycles. The number of rotatable bonds is 6. The first-order valence-electron chi connectivity index (χ1n) is 6.29. The van der Waals surface area contributed by atoms with Gasteiger partial charge in [0.2, 0.25) is 5.91 Å². The number of nitrogens with one attached hydrogen (secondary N) is 1. The topological polar surface area (TPSA) is 38.3 Å². The lowest BCUT2D eigenvalue weighted by molar-refractivity contribution is -0.120. The van der Waals surface area contributed by atoms with Crippen molar-refractivity contribution >= 4 is 12.0 Å². The molecule has 0 radical (unpaired) electrons.